The smallest absolute Gasteiger partial charge is 0.271 e. The van der Waals surface area contributed by atoms with Crippen LogP contribution in [0.5, 0.6) is 0 Å². The molecule has 0 saturated carbocycles. The maximum atomic E-state index is 12.5. The van der Waals surface area contributed by atoms with Gasteiger partial charge in [0.2, 0.25) is 5.91 Å². The van der Waals surface area contributed by atoms with Crippen LogP contribution in [-0.2, 0) is 10.3 Å². The van der Waals surface area contributed by atoms with Gasteiger partial charge in [-0.05, 0) is 24.6 Å². The molecule has 0 aliphatic carbocycles. The van der Waals surface area contributed by atoms with E-state index in [-0.39, 0.29) is 5.69 Å². The van der Waals surface area contributed by atoms with Gasteiger partial charge in [-0.2, -0.15) is 0 Å². The van der Waals surface area contributed by atoms with Gasteiger partial charge < -0.3 is 16.0 Å². The molecule has 3 N–H and O–H groups in total. The SMILES string of the molecule is CN(C)c1ccnc(C(=O)N[C@](C)(C(N)=O)c2ccccc2)c1. The first-order chi connectivity index (χ1) is 10.8. The zero-order valence-electron chi connectivity index (χ0n) is 13.4. The van der Waals surface area contributed by atoms with Crippen molar-refractivity contribution >= 4 is 17.5 Å². The summed E-state index contributed by atoms with van der Waals surface area (Å²) in [7, 11) is 3.74. The molecular formula is C17H20N4O2. The Hall–Kier alpha value is -2.89. The van der Waals surface area contributed by atoms with Crippen LogP contribution in [0.1, 0.15) is 23.0 Å². The van der Waals surface area contributed by atoms with Gasteiger partial charge in [0.25, 0.3) is 5.91 Å². The highest BCUT2D eigenvalue weighted by molar-refractivity contribution is 5.98. The Morgan fingerprint density at radius 3 is 2.39 bits per heavy atom. The Kier molecular flexibility index (Phi) is 4.64. The van der Waals surface area contributed by atoms with Gasteiger partial charge in [-0.15, -0.1) is 0 Å². The van der Waals surface area contributed by atoms with Crippen molar-refractivity contribution in [1.29, 1.82) is 0 Å². The van der Waals surface area contributed by atoms with Crippen molar-refractivity contribution in [3.8, 4) is 0 Å². The van der Waals surface area contributed by atoms with Gasteiger partial charge in [0.05, 0.1) is 0 Å². The van der Waals surface area contributed by atoms with Gasteiger partial charge in [0, 0.05) is 26.0 Å². The standard InChI is InChI=1S/C17H20N4O2/c1-17(16(18)23,12-7-5-4-6-8-12)20-15(22)14-11-13(21(2)3)9-10-19-14/h4-11H,1-3H3,(H2,18,23)(H,20,22)/t17-/m0/s1. The normalized spacial score (nSPS) is 13.0. The lowest BCUT2D eigenvalue weighted by Gasteiger charge is -2.28. The van der Waals surface area contributed by atoms with E-state index in [4.69, 9.17) is 5.73 Å². The first-order valence-electron chi connectivity index (χ1n) is 7.16. The second kappa shape index (κ2) is 6.48. The van der Waals surface area contributed by atoms with Crippen LogP contribution in [0, 0.1) is 0 Å². The van der Waals surface area contributed by atoms with E-state index >= 15 is 0 Å². The van der Waals surface area contributed by atoms with Crippen LogP contribution in [0.15, 0.2) is 48.7 Å². The third kappa shape index (κ3) is 3.48. The van der Waals surface area contributed by atoms with Gasteiger partial charge >= 0.3 is 0 Å². The molecule has 120 valence electrons. The summed E-state index contributed by atoms with van der Waals surface area (Å²) in [4.78, 5) is 30.4. The molecule has 0 radical (unpaired) electrons. The molecule has 0 saturated heterocycles. The number of hydrogen-bond acceptors (Lipinski definition) is 4. The zero-order chi connectivity index (χ0) is 17.0. The van der Waals surface area contributed by atoms with E-state index in [1.807, 2.05) is 25.1 Å². The molecular weight excluding hydrogens is 292 g/mol. The maximum absolute atomic E-state index is 12.5. The van der Waals surface area contributed by atoms with Crippen LogP contribution >= 0.6 is 0 Å². The molecule has 2 rings (SSSR count). The second-order valence-corrected chi connectivity index (χ2v) is 5.60. The average Bonchev–Trinajstić information content (AvgIpc) is 2.55. The van der Waals surface area contributed by atoms with Gasteiger partial charge in [-0.1, -0.05) is 30.3 Å². The highest BCUT2D eigenvalue weighted by Gasteiger charge is 2.35. The zero-order valence-corrected chi connectivity index (χ0v) is 13.4. The maximum Gasteiger partial charge on any atom is 0.271 e. The van der Waals surface area contributed by atoms with Crippen LogP contribution in [0.4, 0.5) is 5.69 Å². The highest BCUT2D eigenvalue weighted by atomic mass is 16.2. The largest absolute Gasteiger partial charge is 0.378 e. The van der Waals surface area contributed by atoms with E-state index in [0.29, 0.717) is 5.56 Å². The molecule has 1 heterocycles. The number of nitrogens with zero attached hydrogens (tertiary/aromatic N) is 2. The molecule has 6 nitrogen and oxygen atoms in total. The van der Waals surface area contributed by atoms with Crippen LogP contribution < -0.4 is 16.0 Å². The van der Waals surface area contributed by atoms with Crippen molar-refractivity contribution in [1.82, 2.24) is 10.3 Å². The Bertz CT molecular complexity index is 716. The molecule has 0 aliphatic rings. The average molecular weight is 312 g/mol. The van der Waals surface area contributed by atoms with Gasteiger partial charge in [-0.25, -0.2) is 0 Å². The van der Waals surface area contributed by atoms with Crippen molar-refractivity contribution in [3.05, 3.63) is 59.9 Å². The number of carbonyl (C=O) groups excluding carboxylic acids is 2. The Morgan fingerprint density at radius 2 is 1.83 bits per heavy atom. The molecule has 1 aromatic heterocycles. The van der Waals surface area contributed by atoms with Crippen LogP contribution in [0.2, 0.25) is 0 Å². The van der Waals surface area contributed by atoms with E-state index in [1.54, 1.807) is 49.5 Å². The van der Waals surface area contributed by atoms with Crippen molar-refractivity contribution in [2.24, 2.45) is 5.73 Å². The molecule has 1 aromatic carbocycles. The fourth-order valence-corrected chi connectivity index (χ4v) is 2.16. The summed E-state index contributed by atoms with van der Waals surface area (Å²) in [5, 5.41) is 2.70. The Labute approximate surface area is 135 Å². The molecule has 2 amide bonds. The van der Waals surface area contributed by atoms with Crippen LogP contribution in [-0.4, -0.2) is 30.9 Å². The first-order valence-corrected chi connectivity index (χ1v) is 7.16. The molecule has 1 atom stereocenters. The molecule has 0 aliphatic heterocycles. The molecule has 0 spiro atoms. The van der Waals surface area contributed by atoms with Crippen molar-refractivity contribution < 1.29 is 9.59 Å². The molecule has 2 aromatic rings. The number of primary amides is 1. The minimum atomic E-state index is -1.31. The number of pyridine rings is 1. The summed E-state index contributed by atoms with van der Waals surface area (Å²) >= 11 is 0. The number of anilines is 1. The molecule has 0 fully saturated rings. The number of rotatable bonds is 5. The Morgan fingerprint density at radius 1 is 1.17 bits per heavy atom. The number of benzene rings is 1. The van der Waals surface area contributed by atoms with Crippen LogP contribution in [0.3, 0.4) is 0 Å². The predicted molar refractivity (Wildman–Crippen MR) is 89.0 cm³/mol. The van der Waals surface area contributed by atoms with E-state index in [1.165, 1.54) is 0 Å². The summed E-state index contributed by atoms with van der Waals surface area (Å²) in [6, 6.07) is 12.3. The monoisotopic (exact) mass is 312 g/mol. The topological polar surface area (TPSA) is 88.3 Å². The summed E-state index contributed by atoms with van der Waals surface area (Å²) in [6.45, 7) is 1.58. The predicted octanol–water partition coefficient (Wildman–Crippen LogP) is 1.28. The van der Waals surface area contributed by atoms with Crippen molar-refractivity contribution in [2.45, 2.75) is 12.5 Å². The minimum Gasteiger partial charge on any atom is -0.378 e. The number of nitrogens with one attached hydrogen (secondary N) is 1. The molecule has 6 heteroatoms. The Balaban J connectivity index is 2.33. The number of aromatic nitrogens is 1. The lowest BCUT2D eigenvalue weighted by atomic mass is 9.91. The number of hydrogen-bond donors (Lipinski definition) is 2. The number of carbonyl (C=O) groups is 2. The summed E-state index contributed by atoms with van der Waals surface area (Å²) in [6.07, 6.45) is 1.55. The first kappa shape index (κ1) is 16.5. The van der Waals surface area contributed by atoms with Crippen molar-refractivity contribution in [3.63, 3.8) is 0 Å². The fraction of sp³-hybridized carbons (Fsp3) is 0.235. The molecule has 23 heavy (non-hydrogen) atoms. The van der Waals surface area contributed by atoms with E-state index in [9.17, 15) is 9.59 Å². The van der Waals surface area contributed by atoms with Crippen LogP contribution in [0.25, 0.3) is 0 Å². The van der Waals surface area contributed by atoms with Gasteiger partial charge in [0.1, 0.15) is 11.2 Å². The van der Waals surface area contributed by atoms with E-state index in [2.05, 4.69) is 10.3 Å². The van der Waals surface area contributed by atoms with E-state index < -0.39 is 17.4 Å². The summed E-state index contributed by atoms with van der Waals surface area (Å²) < 4.78 is 0. The lowest BCUT2D eigenvalue weighted by Crippen LogP contribution is -2.52. The lowest BCUT2D eigenvalue weighted by molar-refractivity contribution is -0.123. The fourth-order valence-electron chi connectivity index (χ4n) is 2.16. The highest BCUT2D eigenvalue weighted by Crippen LogP contribution is 2.21. The number of amides is 2. The summed E-state index contributed by atoms with van der Waals surface area (Å²) in [5.41, 5.74) is 5.89. The van der Waals surface area contributed by atoms with Crippen molar-refractivity contribution in [2.75, 3.05) is 19.0 Å². The minimum absolute atomic E-state index is 0.222. The van der Waals surface area contributed by atoms with E-state index in [0.717, 1.165) is 5.69 Å². The molecule has 0 unspecified atom stereocenters. The number of nitrogens with two attached hydrogens (primary N) is 1. The van der Waals surface area contributed by atoms with Gasteiger partial charge in [0.15, 0.2) is 0 Å². The third-order valence-corrected chi connectivity index (χ3v) is 3.70. The molecule has 0 bridgehead atoms. The quantitative estimate of drug-likeness (QED) is 0.870. The summed E-state index contributed by atoms with van der Waals surface area (Å²) in [5.74, 6) is -1.10. The van der Waals surface area contributed by atoms with Gasteiger partial charge in [-0.3, -0.25) is 14.6 Å². The third-order valence-electron chi connectivity index (χ3n) is 3.70. The second-order valence-electron chi connectivity index (χ2n) is 5.60.